The van der Waals surface area contributed by atoms with Crippen molar-refractivity contribution in [1.82, 2.24) is 4.98 Å². The first-order valence-electron chi connectivity index (χ1n) is 5.89. The Hall–Kier alpha value is -2.93. The number of hydrogen-bond donors (Lipinski definition) is 1. The lowest BCUT2D eigenvalue weighted by Gasteiger charge is -1.99. The minimum atomic E-state index is -1.18. The highest BCUT2D eigenvalue weighted by atomic mass is 16.4. The van der Waals surface area contributed by atoms with Crippen molar-refractivity contribution in [1.29, 1.82) is 0 Å². The van der Waals surface area contributed by atoms with Crippen molar-refractivity contribution in [3.63, 3.8) is 0 Å². The zero-order chi connectivity index (χ0) is 14.5. The number of carboxylic acid groups (broad SMARTS) is 1. The summed E-state index contributed by atoms with van der Waals surface area (Å²) < 4.78 is 0. The van der Waals surface area contributed by atoms with Gasteiger partial charge in [0.2, 0.25) is 0 Å². The van der Waals surface area contributed by atoms with Gasteiger partial charge < -0.3 is 5.11 Å². The number of Topliss-reactive ketones (excluding diaryl/α,β-unsaturated/α-hetero) is 1. The van der Waals surface area contributed by atoms with Gasteiger partial charge in [-0.3, -0.25) is 4.79 Å². The molecule has 0 atom stereocenters. The molecular formula is C16H11NO3. The fourth-order valence-corrected chi connectivity index (χ4v) is 1.56. The third-order valence-corrected chi connectivity index (χ3v) is 2.53. The lowest BCUT2D eigenvalue weighted by Crippen LogP contribution is -2.06. The summed E-state index contributed by atoms with van der Waals surface area (Å²) in [6.45, 7) is 1.34. The van der Waals surface area contributed by atoms with Gasteiger partial charge in [0.25, 0.3) is 0 Å². The number of ketones is 1. The molecule has 0 bridgehead atoms. The van der Waals surface area contributed by atoms with Gasteiger partial charge in [-0.05, 0) is 24.3 Å². The molecule has 1 heterocycles. The summed E-state index contributed by atoms with van der Waals surface area (Å²) in [6, 6.07) is 12.1. The van der Waals surface area contributed by atoms with E-state index in [4.69, 9.17) is 5.11 Å². The van der Waals surface area contributed by atoms with E-state index in [1.807, 2.05) is 30.3 Å². The summed E-state index contributed by atoms with van der Waals surface area (Å²) in [5.74, 6) is 4.28. The van der Waals surface area contributed by atoms with Gasteiger partial charge in [-0.25, -0.2) is 9.78 Å². The van der Waals surface area contributed by atoms with Crippen molar-refractivity contribution in [2.24, 2.45) is 0 Å². The molecular weight excluding hydrogens is 254 g/mol. The Morgan fingerprint density at radius 1 is 1.00 bits per heavy atom. The first-order chi connectivity index (χ1) is 9.56. The average Bonchev–Trinajstić information content (AvgIpc) is 2.45. The van der Waals surface area contributed by atoms with Crippen molar-refractivity contribution >= 4 is 11.8 Å². The van der Waals surface area contributed by atoms with Crippen molar-refractivity contribution in [2.75, 3.05) is 0 Å². The predicted octanol–water partition coefficient (Wildman–Crippen LogP) is 2.38. The topological polar surface area (TPSA) is 67.3 Å². The van der Waals surface area contributed by atoms with E-state index in [1.165, 1.54) is 19.1 Å². The van der Waals surface area contributed by atoms with Crippen LogP contribution in [0.15, 0.2) is 42.5 Å². The molecule has 2 aromatic rings. The summed E-state index contributed by atoms with van der Waals surface area (Å²) in [5.41, 5.74) is 1.18. The fraction of sp³-hybridized carbons (Fsp3) is 0.0625. The molecule has 0 aliphatic carbocycles. The predicted molar refractivity (Wildman–Crippen MR) is 73.6 cm³/mol. The van der Waals surface area contributed by atoms with Crippen LogP contribution in [0.2, 0.25) is 0 Å². The van der Waals surface area contributed by atoms with Gasteiger partial charge in [0.1, 0.15) is 11.4 Å². The quantitative estimate of drug-likeness (QED) is 0.668. The minimum Gasteiger partial charge on any atom is -0.477 e. The molecule has 0 aliphatic rings. The molecule has 2 rings (SSSR count). The Morgan fingerprint density at radius 2 is 1.60 bits per heavy atom. The van der Waals surface area contributed by atoms with Gasteiger partial charge in [-0.15, -0.1) is 0 Å². The second kappa shape index (κ2) is 5.81. The highest BCUT2D eigenvalue weighted by Crippen LogP contribution is 2.07. The summed E-state index contributed by atoms with van der Waals surface area (Å²) in [7, 11) is 0. The van der Waals surface area contributed by atoms with Gasteiger partial charge in [0, 0.05) is 18.1 Å². The molecule has 98 valence electrons. The number of nitrogens with zero attached hydrogens (tertiary/aromatic N) is 1. The largest absolute Gasteiger partial charge is 0.477 e. The van der Waals surface area contributed by atoms with Crippen molar-refractivity contribution in [2.45, 2.75) is 6.92 Å². The number of benzene rings is 1. The number of carboxylic acids is 1. The SMILES string of the molecule is CC(=O)c1cc(C#Cc2ccccc2)cc(C(=O)O)n1. The number of rotatable bonds is 2. The summed E-state index contributed by atoms with van der Waals surface area (Å²) in [6.07, 6.45) is 0. The number of hydrogen-bond acceptors (Lipinski definition) is 3. The third kappa shape index (κ3) is 3.30. The van der Waals surface area contributed by atoms with E-state index in [9.17, 15) is 9.59 Å². The van der Waals surface area contributed by atoms with Crippen LogP contribution in [0.1, 0.15) is 39.0 Å². The normalized spacial score (nSPS) is 9.45. The van der Waals surface area contributed by atoms with E-state index >= 15 is 0 Å². The maximum absolute atomic E-state index is 11.3. The van der Waals surface area contributed by atoms with E-state index in [0.29, 0.717) is 5.56 Å². The number of aromatic nitrogens is 1. The van der Waals surface area contributed by atoms with E-state index < -0.39 is 5.97 Å². The van der Waals surface area contributed by atoms with E-state index in [1.54, 1.807) is 0 Å². The van der Waals surface area contributed by atoms with Gasteiger partial charge in [-0.2, -0.15) is 0 Å². The van der Waals surface area contributed by atoms with Crippen LogP contribution in [0.25, 0.3) is 0 Å². The number of pyridine rings is 1. The Labute approximate surface area is 116 Å². The minimum absolute atomic E-state index is 0.0993. The Bertz CT molecular complexity index is 692. The molecule has 0 amide bonds. The number of carbonyl (C=O) groups excluding carboxylic acids is 1. The monoisotopic (exact) mass is 265 g/mol. The van der Waals surface area contributed by atoms with E-state index in [0.717, 1.165) is 5.56 Å². The fourth-order valence-electron chi connectivity index (χ4n) is 1.56. The van der Waals surface area contributed by atoms with Crippen LogP contribution in [0.3, 0.4) is 0 Å². The standard InChI is InChI=1S/C16H11NO3/c1-11(18)14-9-13(10-15(17-14)16(19)20)8-7-12-5-3-2-4-6-12/h2-6,9-10H,1H3,(H,19,20). The van der Waals surface area contributed by atoms with E-state index in [2.05, 4.69) is 16.8 Å². The van der Waals surface area contributed by atoms with Crippen LogP contribution in [0.4, 0.5) is 0 Å². The highest BCUT2D eigenvalue weighted by Gasteiger charge is 2.10. The molecule has 0 saturated carbocycles. The van der Waals surface area contributed by atoms with Crippen LogP contribution < -0.4 is 0 Å². The molecule has 1 N–H and O–H groups in total. The van der Waals surface area contributed by atoms with Crippen molar-refractivity contribution in [3.05, 3.63) is 65.0 Å². The highest BCUT2D eigenvalue weighted by molar-refractivity contribution is 5.94. The Kier molecular flexibility index (Phi) is 3.92. The van der Waals surface area contributed by atoms with Gasteiger partial charge >= 0.3 is 5.97 Å². The molecule has 1 aromatic heterocycles. The summed E-state index contributed by atoms with van der Waals surface area (Å²) in [4.78, 5) is 26.1. The lowest BCUT2D eigenvalue weighted by molar-refractivity contribution is 0.0690. The maximum atomic E-state index is 11.3. The average molecular weight is 265 g/mol. The van der Waals surface area contributed by atoms with Crippen LogP contribution >= 0.6 is 0 Å². The lowest BCUT2D eigenvalue weighted by atomic mass is 10.1. The molecule has 4 nitrogen and oxygen atoms in total. The van der Waals surface area contributed by atoms with Crippen LogP contribution in [-0.2, 0) is 0 Å². The van der Waals surface area contributed by atoms with Crippen LogP contribution in [0, 0.1) is 11.8 Å². The molecule has 0 fully saturated rings. The molecule has 0 aliphatic heterocycles. The van der Waals surface area contributed by atoms with Gasteiger partial charge in [0.15, 0.2) is 5.78 Å². The van der Waals surface area contributed by atoms with Gasteiger partial charge in [0.05, 0.1) is 0 Å². The molecule has 0 saturated heterocycles. The summed E-state index contributed by atoms with van der Waals surface area (Å²) >= 11 is 0. The molecule has 4 heteroatoms. The second-order valence-electron chi connectivity index (χ2n) is 4.10. The van der Waals surface area contributed by atoms with Crippen molar-refractivity contribution in [3.8, 4) is 11.8 Å². The molecule has 0 radical (unpaired) electrons. The van der Waals surface area contributed by atoms with Gasteiger partial charge in [-0.1, -0.05) is 30.0 Å². The zero-order valence-corrected chi connectivity index (χ0v) is 10.8. The smallest absolute Gasteiger partial charge is 0.354 e. The molecule has 0 spiro atoms. The summed E-state index contributed by atoms with van der Waals surface area (Å²) in [5, 5.41) is 8.98. The molecule has 0 unspecified atom stereocenters. The van der Waals surface area contributed by atoms with Crippen molar-refractivity contribution < 1.29 is 14.7 Å². The number of carbonyl (C=O) groups is 2. The second-order valence-corrected chi connectivity index (χ2v) is 4.10. The molecule has 20 heavy (non-hydrogen) atoms. The molecule has 1 aromatic carbocycles. The van der Waals surface area contributed by atoms with E-state index in [-0.39, 0.29) is 17.2 Å². The maximum Gasteiger partial charge on any atom is 0.354 e. The van der Waals surface area contributed by atoms with Crippen LogP contribution in [-0.4, -0.2) is 21.8 Å². The Balaban J connectivity index is 2.44. The number of aromatic carboxylic acids is 1. The van der Waals surface area contributed by atoms with Crippen LogP contribution in [0.5, 0.6) is 0 Å². The zero-order valence-electron chi connectivity index (χ0n) is 10.8. The third-order valence-electron chi connectivity index (χ3n) is 2.53. The first-order valence-corrected chi connectivity index (χ1v) is 5.89. The first kappa shape index (κ1) is 13.5. The Morgan fingerprint density at radius 3 is 2.20 bits per heavy atom.